The van der Waals surface area contributed by atoms with E-state index in [0.29, 0.717) is 12.8 Å². The highest BCUT2D eigenvalue weighted by atomic mass is 79.9. The maximum Gasteiger partial charge on any atom is 0.162 e. The first kappa shape index (κ1) is 10.4. The van der Waals surface area contributed by atoms with Gasteiger partial charge < -0.3 is 5.11 Å². The molecular weight excluding hydrogens is 256 g/mol. The van der Waals surface area contributed by atoms with Crippen LogP contribution < -0.4 is 0 Å². The van der Waals surface area contributed by atoms with Crippen LogP contribution in [0, 0.1) is 5.92 Å². The van der Waals surface area contributed by atoms with E-state index in [9.17, 15) is 9.90 Å². The van der Waals surface area contributed by atoms with Crippen molar-refractivity contribution >= 4 is 21.7 Å². The zero-order valence-electron chi connectivity index (χ0n) is 8.11. The van der Waals surface area contributed by atoms with E-state index in [2.05, 4.69) is 15.9 Å². The van der Waals surface area contributed by atoms with Gasteiger partial charge in [-0.15, -0.1) is 0 Å². The maximum absolute atomic E-state index is 11.4. The summed E-state index contributed by atoms with van der Waals surface area (Å²) in [7, 11) is 0. The molecule has 1 aliphatic carbocycles. The van der Waals surface area contributed by atoms with E-state index >= 15 is 0 Å². The maximum atomic E-state index is 11.4. The van der Waals surface area contributed by atoms with E-state index < -0.39 is 0 Å². The van der Waals surface area contributed by atoms with Gasteiger partial charge in [0.05, 0.1) is 5.76 Å². The Balaban J connectivity index is 2.04. The lowest BCUT2D eigenvalue weighted by molar-refractivity contribution is -0.117. The molecule has 3 heteroatoms. The van der Waals surface area contributed by atoms with Gasteiger partial charge in [0, 0.05) is 22.9 Å². The Morgan fingerprint density at radius 2 is 2.00 bits per heavy atom. The van der Waals surface area contributed by atoms with Gasteiger partial charge in [-0.25, -0.2) is 0 Å². The number of aliphatic hydroxyl groups excluding tert-OH is 1. The first-order valence-corrected chi connectivity index (χ1v) is 5.62. The Labute approximate surface area is 96.7 Å². The van der Waals surface area contributed by atoms with Crippen molar-refractivity contribution < 1.29 is 9.90 Å². The van der Waals surface area contributed by atoms with Crippen LogP contribution in [-0.2, 0) is 11.2 Å². The van der Waals surface area contributed by atoms with Crippen LogP contribution >= 0.6 is 15.9 Å². The molecule has 0 aromatic heterocycles. The summed E-state index contributed by atoms with van der Waals surface area (Å²) in [5, 5.41) is 9.22. The first-order chi connectivity index (χ1) is 7.15. The number of benzene rings is 1. The summed E-state index contributed by atoms with van der Waals surface area (Å²) >= 11 is 3.36. The lowest BCUT2D eigenvalue weighted by Crippen LogP contribution is -2.09. The number of aliphatic hydroxyl groups is 1. The Morgan fingerprint density at radius 3 is 2.53 bits per heavy atom. The van der Waals surface area contributed by atoms with Gasteiger partial charge in [0.2, 0.25) is 0 Å². The van der Waals surface area contributed by atoms with Crippen molar-refractivity contribution in [3.05, 3.63) is 46.1 Å². The highest BCUT2D eigenvalue weighted by Crippen LogP contribution is 2.24. The molecule has 0 fully saturated rings. The molecule has 0 heterocycles. The molecule has 1 aliphatic rings. The van der Waals surface area contributed by atoms with Crippen LogP contribution in [0.25, 0.3) is 0 Å². The number of rotatable bonds is 2. The van der Waals surface area contributed by atoms with Gasteiger partial charge in [0.1, 0.15) is 0 Å². The molecular formula is C12H11BrO2. The lowest BCUT2D eigenvalue weighted by Gasteiger charge is -2.07. The zero-order valence-corrected chi connectivity index (χ0v) is 9.70. The lowest BCUT2D eigenvalue weighted by atomic mass is 9.96. The minimum absolute atomic E-state index is 0.0374. The summed E-state index contributed by atoms with van der Waals surface area (Å²) in [5.74, 6) is 0.170. The molecule has 1 N–H and O–H groups in total. The van der Waals surface area contributed by atoms with Crippen molar-refractivity contribution in [2.24, 2.45) is 5.92 Å². The van der Waals surface area contributed by atoms with E-state index in [1.165, 1.54) is 6.08 Å². The molecule has 1 aromatic rings. The predicted molar refractivity (Wildman–Crippen MR) is 61.7 cm³/mol. The number of hydrogen-bond donors (Lipinski definition) is 1. The second kappa shape index (κ2) is 4.19. The highest BCUT2D eigenvalue weighted by Gasteiger charge is 2.24. The SMILES string of the molecule is O=C1C=C(O)CC1Cc1ccc(Br)cc1. The molecule has 78 valence electrons. The van der Waals surface area contributed by atoms with Crippen LogP contribution in [0.1, 0.15) is 12.0 Å². The summed E-state index contributed by atoms with van der Waals surface area (Å²) in [5.41, 5.74) is 1.12. The largest absolute Gasteiger partial charge is 0.512 e. The fraction of sp³-hybridized carbons (Fsp3) is 0.250. The van der Waals surface area contributed by atoms with Crippen molar-refractivity contribution in [1.82, 2.24) is 0 Å². The second-order valence-electron chi connectivity index (χ2n) is 3.77. The summed E-state index contributed by atoms with van der Waals surface area (Å²) in [6.45, 7) is 0. The molecule has 0 saturated heterocycles. The van der Waals surface area contributed by atoms with Crippen molar-refractivity contribution in [3.8, 4) is 0 Å². The third-order valence-corrected chi connectivity index (χ3v) is 3.09. The van der Waals surface area contributed by atoms with Crippen LogP contribution in [0.4, 0.5) is 0 Å². The fourth-order valence-corrected chi connectivity index (χ4v) is 2.04. The van der Waals surface area contributed by atoms with E-state index in [-0.39, 0.29) is 17.5 Å². The molecule has 0 spiro atoms. The molecule has 0 aliphatic heterocycles. The average molecular weight is 267 g/mol. The molecule has 0 bridgehead atoms. The van der Waals surface area contributed by atoms with Crippen molar-refractivity contribution in [1.29, 1.82) is 0 Å². The predicted octanol–water partition coefficient (Wildman–Crippen LogP) is 3.02. The quantitative estimate of drug-likeness (QED) is 0.894. The summed E-state index contributed by atoms with van der Waals surface area (Å²) in [6.07, 6.45) is 2.52. The van der Waals surface area contributed by atoms with Crippen LogP contribution in [-0.4, -0.2) is 10.9 Å². The summed E-state index contributed by atoms with van der Waals surface area (Å²) < 4.78 is 1.03. The van der Waals surface area contributed by atoms with E-state index in [4.69, 9.17) is 0 Å². The monoisotopic (exact) mass is 266 g/mol. The van der Waals surface area contributed by atoms with Crippen molar-refractivity contribution in [3.63, 3.8) is 0 Å². The number of hydrogen-bond acceptors (Lipinski definition) is 2. The smallest absolute Gasteiger partial charge is 0.162 e. The Bertz CT molecular complexity index is 406. The number of allylic oxidation sites excluding steroid dienone is 2. The van der Waals surface area contributed by atoms with E-state index in [0.717, 1.165) is 10.0 Å². The number of halogens is 1. The minimum atomic E-state index is -0.0776. The molecule has 15 heavy (non-hydrogen) atoms. The summed E-state index contributed by atoms with van der Waals surface area (Å²) in [4.78, 5) is 11.4. The fourth-order valence-electron chi connectivity index (χ4n) is 1.77. The van der Waals surface area contributed by atoms with Crippen LogP contribution in [0.5, 0.6) is 0 Å². The van der Waals surface area contributed by atoms with Crippen molar-refractivity contribution in [2.75, 3.05) is 0 Å². The zero-order chi connectivity index (χ0) is 10.8. The minimum Gasteiger partial charge on any atom is -0.512 e. The number of carbonyl (C=O) groups excluding carboxylic acids is 1. The normalized spacial score (nSPS) is 20.5. The molecule has 0 amide bonds. The van der Waals surface area contributed by atoms with Gasteiger partial charge in [-0.2, -0.15) is 0 Å². The third kappa shape index (κ3) is 2.48. The molecule has 1 atom stereocenters. The van der Waals surface area contributed by atoms with Crippen molar-refractivity contribution in [2.45, 2.75) is 12.8 Å². The molecule has 0 radical (unpaired) electrons. The second-order valence-corrected chi connectivity index (χ2v) is 4.69. The number of carbonyl (C=O) groups is 1. The van der Waals surface area contributed by atoms with Gasteiger partial charge in [-0.1, -0.05) is 28.1 Å². The molecule has 0 saturated carbocycles. The Morgan fingerprint density at radius 1 is 1.33 bits per heavy atom. The molecule has 1 unspecified atom stereocenters. The van der Waals surface area contributed by atoms with Gasteiger partial charge in [0.25, 0.3) is 0 Å². The van der Waals surface area contributed by atoms with Gasteiger partial charge in [0.15, 0.2) is 5.78 Å². The molecule has 2 rings (SSSR count). The van der Waals surface area contributed by atoms with E-state index in [1.54, 1.807) is 0 Å². The van der Waals surface area contributed by atoms with Crippen LogP contribution in [0.15, 0.2) is 40.6 Å². The highest BCUT2D eigenvalue weighted by molar-refractivity contribution is 9.10. The molecule has 2 nitrogen and oxygen atoms in total. The van der Waals surface area contributed by atoms with Gasteiger partial charge >= 0.3 is 0 Å². The first-order valence-electron chi connectivity index (χ1n) is 4.83. The van der Waals surface area contributed by atoms with Crippen LogP contribution in [0.2, 0.25) is 0 Å². The molecule has 1 aromatic carbocycles. The third-order valence-electron chi connectivity index (χ3n) is 2.56. The average Bonchev–Trinajstić information content (AvgIpc) is 2.49. The standard InChI is InChI=1S/C12H11BrO2/c13-10-3-1-8(2-4-10)5-9-6-11(14)7-12(9)15/h1-4,7,9,14H,5-6H2. The van der Waals surface area contributed by atoms with Crippen LogP contribution in [0.3, 0.4) is 0 Å². The van der Waals surface area contributed by atoms with Gasteiger partial charge in [-0.3, -0.25) is 4.79 Å². The Hall–Kier alpha value is -1.09. The topological polar surface area (TPSA) is 37.3 Å². The number of ketones is 1. The summed E-state index contributed by atoms with van der Waals surface area (Å²) in [6, 6.07) is 7.91. The Kier molecular flexibility index (Phi) is 2.91. The van der Waals surface area contributed by atoms with E-state index in [1.807, 2.05) is 24.3 Å². The van der Waals surface area contributed by atoms with Gasteiger partial charge in [-0.05, 0) is 24.1 Å².